The van der Waals surface area contributed by atoms with Gasteiger partial charge in [0.15, 0.2) is 5.82 Å². The average Bonchev–Trinajstić information content (AvgIpc) is 3.27. The zero-order chi connectivity index (χ0) is 22.3. The number of carboxylic acids is 1. The Morgan fingerprint density at radius 3 is 2.59 bits per heavy atom. The van der Waals surface area contributed by atoms with Crippen LogP contribution in [0.2, 0.25) is 5.02 Å². The molecule has 0 spiro atoms. The molecule has 0 fully saturated rings. The Morgan fingerprint density at radius 2 is 1.84 bits per heavy atom. The molecule has 0 saturated heterocycles. The van der Waals surface area contributed by atoms with Crippen LogP contribution in [0.15, 0.2) is 88.9 Å². The van der Waals surface area contributed by atoms with Gasteiger partial charge < -0.3 is 9.84 Å². The van der Waals surface area contributed by atoms with E-state index in [1.54, 1.807) is 24.3 Å². The van der Waals surface area contributed by atoms with Gasteiger partial charge in [0.25, 0.3) is 0 Å². The van der Waals surface area contributed by atoms with Crippen LogP contribution in [0.1, 0.15) is 11.1 Å². The fourth-order valence-corrected chi connectivity index (χ4v) is 3.68. The summed E-state index contributed by atoms with van der Waals surface area (Å²) in [5.41, 5.74) is 2.56. The van der Waals surface area contributed by atoms with Crippen LogP contribution in [0.25, 0.3) is 17.5 Å². The topological polar surface area (TPSA) is 88.1 Å². The van der Waals surface area contributed by atoms with Crippen molar-refractivity contribution in [3.63, 3.8) is 0 Å². The molecule has 4 aromatic rings. The highest BCUT2D eigenvalue weighted by Gasteiger charge is 2.14. The smallest absolute Gasteiger partial charge is 0.342 e. The van der Waals surface area contributed by atoms with Gasteiger partial charge in [-0.15, -0.1) is 5.10 Å². The lowest BCUT2D eigenvalue weighted by Crippen LogP contribution is -1.98. The molecule has 0 aliphatic rings. The second kappa shape index (κ2) is 10.2. The number of hydrogen-bond acceptors (Lipinski definition) is 5. The molecule has 0 saturated carbocycles. The van der Waals surface area contributed by atoms with Gasteiger partial charge in [-0.2, -0.15) is 0 Å². The van der Waals surface area contributed by atoms with Gasteiger partial charge in [0.2, 0.25) is 5.16 Å². The molecule has 4 rings (SSSR count). The summed E-state index contributed by atoms with van der Waals surface area (Å²) in [6.45, 7) is 0.430. The SMILES string of the molecule is O=C(O)/C(=C/c1cccc(OCc2ccccc2)c1)Sc1n[nH]c(-c2ccc(Cl)cc2)n1. The van der Waals surface area contributed by atoms with Gasteiger partial charge in [-0.1, -0.05) is 54.1 Å². The second-order valence-electron chi connectivity index (χ2n) is 6.74. The molecule has 0 aliphatic heterocycles. The van der Waals surface area contributed by atoms with Crippen LogP contribution in [-0.4, -0.2) is 26.3 Å². The number of carbonyl (C=O) groups is 1. The minimum absolute atomic E-state index is 0.0897. The summed E-state index contributed by atoms with van der Waals surface area (Å²) in [5, 5.41) is 17.5. The molecule has 6 nitrogen and oxygen atoms in total. The Morgan fingerprint density at radius 1 is 1.06 bits per heavy atom. The quantitative estimate of drug-likeness (QED) is 0.249. The Balaban J connectivity index is 1.49. The van der Waals surface area contributed by atoms with Crippen LogP contribution in [0, 0.1) is 0 Å². The Kier molecular flexibility index (Phi) is 6.89. The van der Waals surface area contributed by atoms with Crippen LogP contribution in [0.4, 0.5) is 0 Å². The lowest BCUT2D eigenvalue weighted by atomic mass is 10.2. The summed E-state index contributed by atoms with van der Waals surface area (Å²) in [6.07, 6.45) is 1.57. The van der Waals surface area contributed by atoms with E-state index in [9.17, 15) is 9.90 Å². The number of halogens is 1. The maximum absolute atomic E-state index is 11.8. The van der Waals surface area contributed by atoms with Crippen molar-refractivity contribution in [1.29, 1.82) is 0 Å². The first-order chi connectivity index (χ1) is 15.6. The van der Waals surface area contributed by atoms with Gasteiger partial charge in [0, 0.05) is 10.6 Å². The first-order valence-corrected chi connectivity index (χ1v) is 10.8. The minimum atomic E-state index is -1.07. The van der Waals surface area contributed by atoms with Crippen molar-refractivity contribution >= 4 is 35.4 Å². The van der Waals surface area contributed by atoms with Crippen molar-refractivity contribution in [3.8, 4) is 17.1 Å². The van der Waals surface area contributed by atoms with E-state index in [1.807, 2.05) is 60.7 Å². The predicted octanol–water partition coefficient (Wildman–Crippen LogP) is 5.92. The number of aromatic nitrogens is 3. The molecule has 0 unspecified atom stereocenters. The highest BCUT2D eigenvalue weighted by Crippen LogP contribution is 2.28. The highest BCUT2D eigenvalue weighted by molar-refractivity contribution is 8.04. The summed E-state index contributed by atoms with van der Waals surface area (Å²) < 4.78 is 5.83. The molecule has 0 radical (unpaired) electrons. The molecular weight excluding hydrogens is 446 g/mol. The monoisotopic (exact) mass is 463 g/mol. The summed E-state index contributed by atoms with van der Waals surface area (Å²) in [4.78, 5) is 16.3. The number of aliphatic carboxylic acids is 1. The molecule has 0 aliphatic carbocycles. The van der Waals surface area contributed by atoms with E-state index in [0.29, 0.717) is 33.9 Å². The van der Waals surface area contributed by atoms with Crippen LogP contribution in [0.5, 0.6) is 5.75 Å². The minimum Gasteiger partial charge on any atom is -0.489 e. The van der Waals surface area contributed by atoms with Crippen molar-refractivity contribution in [2.24, 2.45) is 0 Å². The van der Waals surface area contributed by atoms with Gasteiger partial charge in [0.05, 0.1) is 0 Å². The van der Waals surface area contributed by atoms with Gasteiger partial charge in [-0.05, 0) is 65.4 Å². The van der Waals surface area contributed by atoms with E-state index in [4.69, 9.17) is 16.3 Å². The first-order valence-electron chi connectivity index (χ1n) is 9.65. The molecule has 160 valence electrons. The number of nitrogens with one attached hydrogen (secondary N) is 1. The molecule has 1 heterocycles. The van der Waals surface area contributed by atoms with E-state index >= 15 is 0 Å². The summed E-state index contributed by atoms with van der Waals surface area (Å²) in [6, 6.07) is 24.2. The zero-order valence-electron chi connectivity index (χ0n) is 16.7. The number of ether oxygens (including phenoxy) is 1. The largest absolute Gasteiger partial charge is 0.489 e. The van der Waals surface area contributed by atoms with Gasteiger partial charge >= 0.3 is 5.97 Å². The lowest BCUT2D eigenvalue weighted by molar-refractivity contribution is -0.131. The molecule has 1 aromatic heterocycles. The Hall–Kier alpha value is -3.55. The number of rotatable bonds is 8. The summed E-state index contributed by atoms with van der Waals surface area (Å²) in [5.74, 6) is 0.119. The number of nitrogens with zero attached hydrogens (tertiary/aromatic N) is 2. The Labute approximate surface area is 193 Å². The van der Waals surface area contributed by atoms with Crippen LogP contribution in [0.3, 0.4) is 0 Å². The van der Waals surface area contributed by atoms with Crippen LogP contribution in [-0.2, 0) is 11.4 Å². The van der Waals surface area contributed by atoms with Crippen LogP contribution < -0.4 is 4.74 Å². The molecular formula is C24H18ClN3O3S. The number of hydrogen-bond donors (Lipinski definition) is 2. The fourth-order valence-electron chi connectivity index (χ4n) is 2.85. The van der Waals surface area contributed by atoms with Crippen molar-refractivity contribution < 1.29 is 14.6 Å². The van der Waals surface area contributed by atoms with Crippen LogP contribution >= 0.6 is 23.4 Å². The summed E-state index contributed by atoms with van der Waals surface area (Å²) in [7, 11) is 0. The van der Waals surface area contributed by atoms with Gasteiger partial charge in [-0.25, -0.2) is 9.78 Å². The maximum atomic E-state index is 11.8. The van der Waals surface area contributed by atoms with E-state index in [1.165, 1.54) is 0 Å². The molecule has 0 amide bonds. The number of aromatic amines is 1. The van der Waals surface area contributed by atoms with E-state index in [0.717, 1.165) is 22.9 Å². The van der Waals surface area contributed by atoms with Crippen molar-refractivity contribution in [3.05, 3.63) is 99.9 Å². The van der Waals surface area contributed by atoms with Gasteiger partial charge in [0.1, 0.15) is 17.3 Å². The third-order valence-electron chi connectivity index (χ3n) is 4.40. The molecule has 0 bridgehead atoms. The Bertz CT molecular complexity index is 1240. The number of benzene rings is 3. The van der Waals surface area contributed by atoms with E-state index in [-0.39, 0.29) is 4.91 Å². The standard InChI is InChI=1S/C24H18ClN3O3S/c25-19-11-9-18(10-12-19)22-26-24(28-27-22)32-21(23(29)30)14-17-7-4-8-20(13-17)31-15-16-5-2-1-3-6-16/h1-14H,15H2,(H,29,30)(H,26,27,28)/b21-14-. The van der Waals surface area contributed by atoms with Gasteiger partial charge in [-0.3, -0.25) is 5.10 Å². The molecule has 0 atom stereocenters. The molecule has 32 heavy (non-hydrogen) atoms. The lowest BCUT2D eigenvalue weighted by Gasteiger charge is -2.07. The second-order valence-corrected chi connectivity index (χ2v) is 8.18. The highest BCUT2D eigenvalue weighted by atomic mass is 35.5. The predicted molar refractivity (Wildman–Crippen MR) is 126 cm³/mol. The number of H-pyrrole nitrogens is 1. The number of carboxylic acid groups (broad SMARTS) is 1. The number of thioether (sulfide) groups is 1. The fraction of sp³-hybridized carbons (Fsp3) is 0.0417. The van der Waals surface area contributed by atoms with Crippen molar-refractivity contribution in [1.82, 2.24) is 15.2 Å². The normalized spacial score (nSPS) is 11.3. The third-order valence-corrected chi connectivity index (χ3v) is 5.53. The molecule has 3 aromatic carbocycles. The van der Waals surface area contributed by atoms with E-state index < -0.39 is 5.97 Å². The maximum Gasteiger partial charge on any atom is 0.342 e. The van der Waals surface area contributed by atoms with Crippen molar-refractivity contribution in [2.45, 2.75) is 11.8 Å². The van der Waals surface area contributed by atoms with E-state index in [2.05, 4.69) is 15.2 Å². The first kappa shape index (κ1) is 21.7. The third kappa shape index (κ3) is 5.78. The van der Waals surface area contributed by atoms with Crippen molar-refractivity contribution in [2.75, 3.05) is 0 Å². The average molecular weight is 464 g/mol. The summed E-state index contributed by atoms with van der Waals surface area (Å²) >= 11 is 6.88. The zero-order valence-corrected chi connectivity index (χ0v) is 18.3. The molecule has 2 N–H and O–H groups in total. The molecule has 8 heteroatoms.